The van der Waals surface area contributed by atoms with E-state index in [9.17, 15) is 20.0 Å². The highest BCUT2D eigenvalue weighted by molar-refractivity contribution is 6.34. The maximum atomic E-state index is 11.7. The average molecular weight is 395 g/mol. The van der Waals surface area contributed by atoms with Crippen LogP contribution in [0, 0.1) is 11.3 Å². The first-order valence-corrected chi connectivity index (χ1v) is 8.99. The molecule has 1 aromatic rings. The quantitative estimate of drug-likeness (QED) is 0.739. The number of aliphatic carboxylic acids is 1. The molecule has 3 rings (SSSR count). The first-order chi connectivity index (χ1) is 12.9. The SMILES string of the molecule is N#C[C@@H]1CCCN1N1[C@@H](COc2nccc(C(=O)O)c2Cl)CC[C@@H]1C(=O)O. The van der Waals surface area contributed by atoms with E-state index in [2.05, 4.69) is 11.1 Å². The fraction of sp³-hybridized carbons (Fsp3) is 0.529. The van der Waals surface area contributed by atoms with Crippen molar-refractivity contribution < 1.29 is 24.5 Å². The predicted octanol–water partition coefficient (Wildman–Crippen LogP) is 1.63. The second-order valence-electron chi connectivity index (χ2n) is 6.51. The Kier molecular flexibility index (Phi) is 5.79. The Morgan fingerprint density at radius 1 is 1.37 bits per heavy atom. The zero-order chi connectivity index (χ0) is 19.6. The molecule has 1 aromatic heterocycles. The van der Waals surface area contributed by atoms with Gasteiger partial charge in [-0.2, -0.15) is 5.26 Å². The number of hydrogen-bond donors (Lipinski definition) is 2. The van der Waals surface area contributed by atoms with Gasteiger partial charge < -0.3 is 14.9 Å². The number of rotatable bonds is 6. The van der Waals surface area contributed by atoms with Crippen molar-refractivity contribution in [3.05, 3.63) is 22.8 Å². The van der Waals surface area contributed by atoms with Crippen molar-refractivity contribution in [1.29, 1.82) is 5.26 Å². The number of halogens is 1. The molecule has 9 nitrogen and oxygen atoms in total. The second-order valence-corrected chi connectivity index (χ2v) is 6.89. The van der Waals surface area contributed by atoms with Crippen LogP contribution in [0.25, 0.3) is 0 Å². The molecule has 2 aliphatic rings. The lowest BCUT2D eigenvalue weighted by molar-refractivity contribution is -0.154. The molecule has 144 valence electrons. The number of carboxylic acid groups (broad SMARTS) is 2. The Morgan fingerprint density at radius 3 is 2.81 bits per heavy atom. The Bertz CT molecular complexity index is 783. The number of aromatic nitrogens is 1. The predicted molar refractivity (Wildman–Crippen MR) is 93.3 cm³/mol. The van der Waals surface area contributed by atoms with Gasteiger partial charge in [-0.25, -0.2) is 19.8 Å². The number of pyridine rings is 1. The molecule has 3 atom stereocenters. The largest absolute Gasteiger partial charge is 0.480 e. The molecule has 0 radical (unpaired) electrons. The van der Waals surface area contributed by atoms with Gasteiger partial charge in [0.25, 0.3) is 0 Å². The zero-order valence-electron chi connectivity index (χ0n) is 14.4. The smallest absolute Gasteiger partial charge is 0.337 e. The van der Waals surface area contributed by atoms with E-state index in [1.807, 2.05) is 5.01 Å². The van der Waals surface area contributed by atoms with Crippen molar-refractivity contribution in [3.63, 3.8) is 0 Å². The molecule has 27 heavy (non-hydrogen) atoms. The first-order valence-electron chi connectivity index (χ1n) is 8.62. The molecule has 0 spiro atoms. The number of nitrogens with zero attached hydrogens (tertiary/aromatic N) is 4. The van der Waals surface area contributed by atoms with E-state index in [0.29, 0.717) is 25.8 Å². The summed E-state index contributed by atoms with van der Waals surface area (Å²) in [5.41, 5.74) is -0.113. The van der Waals surface area contributed by atoms with E-state index < -0.39 is 18.0 Å². The summed E-state index contributed by atoms with van der Waals surface area (Å²) in [5, 5.41) is 31.5. The summed E-state index contributed by atoms with van der Waals surface area (Å²) in [6, 6.07) is 2.16. The van der Waals surface area contributed by atoms with Crippen LogP contribution < -0.4 is 4.74 Å². The average Bonchev–Trinajstić information content (AvgIpc) is 3.26. The number of carbonyl (C=O) groups is 2. The third-order valence-electron chi connectivity index (χ3n) is 4.92. The molecule has 0 amide bonds. The maximum absolute atomic E-state index is 11.7. The number of hydrazine groups is 1. The van der Waals surface area contributed by atoms with Crippen LogP contribution >= 0.6 is 11.6 Å². The molecular weight excluding hydrogens is 376 g/mol. The van der Waals surface area contributed by atoms with Gasteiger partial charge in [-0.1, -0.05) is 11.6 Å². The van der Waals surface area contributed by atoms with Crippen LogP contribution in [-0.2, 0) is 4.79 Å². The minimum atomic E-state index is -1.19. The molecule has 0 bridgehead atoms. The number of carboxylic acids is 2. The van der Waals surface area contributed by atoms with Gasteiger partial charge in [0.15, 0.2) is 0 Å². The van der Waals surface area contributed by atoms with Crippen molar-refractivity contribution in [2.75, 3.05) is 13.2 Å². The highest BCUT2D eigenvalue weighted by atomic mass is 35.5. The van der Waals surface area contributed by atoms with E-state index in [4.69, 9.17) is 21.4 Å². The summed E-state index contributed by atoms with van der Waals surface area (Å²) in [6.07, 6.45) is 3.82. The summed E-state index contributed by atoms with van der Waals surface area (Å²) in [6.45, 7) is 0.709. The fourth-order valence-electron chi connectivity index (χ4n) is 3.68. The maximum Gasteiger partial charge on any atom is 0.337 e. The van der Waals surface area contributed by atoms with Gasteiger partial charge in [0.05, 0.1) is 17.7 Å². The lowest BCUT2D eigenvalue weighted by Gasteiger charge is -2.37. The van der Waals surface area contributed by atoms with Crippen LogP contribution in [0.4, 0.5) is 0 Å². The molecule has 2 fully saturated rings. The second kappa shape index (κ2) is 8.08. The van der Waals surface area contributed by atoms with E-state index in [1.54, 1.807) is 5.01 Å². The molecule has 0 aliphatic carbocycles. The van der Waals surface area contributed by atoms with Crippen molar-refractivity contribution in [2.24, 2.45) is 0 Å². The molecular formula is C17H19ClN4O5. The van der Waals surface area contributed by atoms with Gasteiger partial charge in [0.1, 0.15) is 23.7 Å². The van der Waals surface area contributed by atoms with Crippen molar-refractivity contribution >= 4 is 23.5 Å². The van der Waals surface area contributed by atoms with E-state index >= 15 is 0 Å². The van der Waals surface area contributed by atoms with Gasteiger partial charge in [-0.15, -0.1) is 0 Å². The molecule has 3 heterocycles. The molecule has 0 saturated carbocycles. The number of nitriles is 1. The lowest BCUT2D eigenvalue weighted by atomic mass is 10.2. The van der Waals surface area contributed by atoms with Crippen molar-refractivity contribution in [2.45, 2.75) is 43.8 Å². The number of ether oxygens (including phenoxy) is 1. The minimum absolute atomic E-state index is 0.00598. The summed E-state index contributed by atoms with van der Waals surface area (Å²) in [5.74, 6) is -2.13. The molecule has 2 N–H and O–H groups in total. The van der Waals surface area contributed by atoms with Crippen LogP contribution in [0.1, 0.15) is 36.0 Å². The monoisotopic (exact) mass is 394 g/mol. The van der Waals surface area contributed by atoms with Crippen LogP contribution in [0.5, 0.6) is 5.88 Å². The van der Waals surface area contributed by atoms with Gasteiger partial charge in [-0.05, 0) is 31.7 Å². The topological polar surface area (TPSA) is 127 Å². The van der Waals surface area contributed by atoms with Crippen LogP contribution in [0.2, 0.25) is 5.02 Å². The van der Waals surface area contributed by atoms with Gasteiger partial charge in [-0.3, -0.25) is 4.79 Å². The van der Waals surface area contributed by atoms with Gasteiger partial charge in [0, 0.05) is 12.7 Å². The summed E-state index contributed by atoms with van der Waals surface area (Å²) >= 11 is 6.05. The molecule has 2 saturated heterocycles. The first kappa shape index (κ1) is 19.4. The molecule has 2 aliphatic heterocycles. The van der Waals surface area contributed by atoms with Crippen LogP contribution in [0.15, 0.2) is 12.3 Å². The van der Waals surface area contributed by atoms with E-state index in [0.717, 1.165) is 6.42 Å². The number of aromatic carboxylic acids is 1. The van der Waals surface area contributed by atoms with E-state index in [1.165, 1.54) is 12.3 Å². The fourth-order valence-corrected chi connectivity index (χ4v) is 3.93. The summed E-state index contributed by atoms with van der Waals surface area (Å²) in [4.78, 5) is 26.8. The standard InChI is InChI=1S/C17H19ClN4O5/c18-14-12(16(23)24)5-6-20-15(14)27-9-11-3-4-13(17(25)26)22(11)21-7-1-2-10(21)8-19/h5-6,10-11,13H,1-4,7,9H2,(H,23,24)(H,25,26)/t10-,11+,13+/m0/s1. The Morgan fingerprint density at radius 2 is 2.15 bits per heavy atom. The highest BCUT2D eigenvalue weighted by Gasteiger charge is 2.45. The van der Waals surface area contributed by atoms with Crippen molar-refractivity contribution in [3.8, 4) is 11.9 Å². The minimum Gasteiger partial charge on any atom is -0.480 e. The molecule has 0 aromatic carbocycles. The summed E-state index contributed by atoms with van der Waals surface area (Å²) in [7, 11) is 0. The van der Waals surface area contributed by atoms with Crippen LogP contribution in [-0.4, -0.2) is 68.4 Å². The Labute approximate surface area is 160 Å². The Hall–Kier alpha value is -2.41. The lowest BCUT2D eigenvalue weighted by Crippen LogP contribution is -2.55. The highest BCUT2D eigenvalue weighted by Crippen LogP contribution is 2.33. The van der Waals surface area contributed by atoms with Gasteiger partial charge in [0.2, 0.25) is 5.88 Å². The number of hydrogen-bond acceptors (Lipinski definition) is 7. The summed E-state index contributed by atoms with van der Waals surface area (Å²) < 4.78 is 5.65. The molecule has 0 unspecified atom stereocenters. The van der Waals surface area contributed by atoms with E-state index in [-0.39, 0.29) is 35.2 Å². The van der Waals surface area contributed by atoms with Crippen molar-refractivity contribution in [1.82, 2.24) is 15.0 Å². The van der Waals surface area contributed by atoms with Crippen LogP contribution in [0.3, 0.4) is 0 Å². The third kappa shape index (κ3) is 3.83. The Balaban J connectivity index is 1.77. The normalized spacial score (nSPS) is 26.0. The third-order valence-corrected chi connectivity index (χ3v) is 5.29. The van der Waals surface area contributed by atoms with Gasteiger partial charge >= 0.3 is 11.9 Å². The zero-order valence-corrected chi connectivity index (χ0v) is 15.2. The molecule has 10 heteroatoms.